The van der Waals surface area contributed by atoms with Crippen molar-refractivity contribution in [2.45, 2.75) is 30.6 Å². The quantitative estimate of drug-likeness (QED) is 0.725. The van der Waals surface area contributed by atoms with Crippen molar-refractivity contribution in [2.75, 3.05) is 0 Å². The standard InChI is InChI=1S/C10H14OS/c1-8(2)12-10-6-4-3-5-9(10)7-11/h3-6,8,11H,7H2,1-2H3. The Morgan fingerprint density at radius 2 is 2.00 bits per heavy atom. The predicted molar refractivity (Wildman–Crippen MR) is 53.4 cm³/mol. The molecule has 12 heavy (non-hydrogen) atoms. The molecule has 0 bridgehead atoms. The summed E-state index contributed by atoms with van der Waals surface area (Å²) in [6.45, 7) is 4.44. The molecule has 1 aromatic rings. The van der Waals surface area contributed by atoms with E-state index in [1.165, 1.54) is 4.90 Å². The molecule has 0 aromatic heterocycles. The van der Waals surface area contributed by atoms with Gasteiger partial charge in [0.25, 0.3) is 0 Å². The molecule has 0 saturated carbocycles. The van der Waals surface area contributed by atoms with E-state index >= 15 is 0 Å². The monoisotopic (exact) mass is 182 g/mol. The lowest BCUT2D eigenvalue weighted by atomic mass is 10.2. The first-order valence-corrected chi connectivity index (χ1v) is 4.97. The molecule has 0 heterocycles. The Balaban J connectivity index is 2.82. The van der Waals surface area contributed by atoms with E-state index in [0.29, 0.717) is 5.25 Å². The summed E-state index contributed by atoms with van der Waals surface area (Å²) in [6.07, 6.45) is 0. The van der Waals surface area contributed by atoms with Crippen molar-refractivity contribution in [1.29, 1.82) is 0 Å². The molecule has 0 amide bonds. The average Bonchev–Trinajstić information content (AvgIpc) is 2.04. The summed E-state index contributed by atoms with van der Waals surface area (Å²) in [5, 5.41) is 9.59. The van der Waals surface area contributed by atoms with Crippen LogP contribution in [0.1, 0.15) is 19.4 Å². The Morgan fingerprint density at radius 3 is 2.58 bits per heavy atom. The summed E-state index contributed by atoms with van der Waals surface area (Å²) in [6, 6.07) is 7.97. The average molecular weight is 182 g/mol. The number of hydrogen-bond acceptors (Lipinski definition) is 2. The van der Waals surface area contributed by atoms with Crippen molar-refractivity contribution in [3.05, 3.63) is 29.8 Å². The molecule has 0 fully saturated rings. The van der Waals surface area contributed by atoms with Gasteiger partial charge in [-0.1, -0.05) is 32.0 Å². The third-order valence-corrected chi connectivity index (χ3v) is 2.63. The van der Waals surface area contributed by atoms with E-state index in [2.05, 4.69) is 19.9 Å². The van der Waals surface area contributed by atoms with Crippen LogP contribution in [0.5, 0.6) is 0 Å². The lowest BCUT2D eigenvalue weighted by Crippen LogP contribution is -1.91. The summed E-state index contributed by atoms with van der Waals surface area (Å²) < 4.78 is 0. The maximum Gasteiger partial charge on any atom is 0.0692 e. The zero-order chi connectivity index (χ0) is 8.97. The van der Waals surface area contributed by atoms with Crippen molar-refractivity contribution in [3.8, 4) is 0 Å². The maximum atomic E-state index is 9.02. The Labute approximate surface area is 77.8 Å². The van der Waals surface area contributed by atoms with Crippen LogP contribution in [0.3, 0.4) is 0 Å². The molecule has 0 aliphatic heterocycles. The number of thioether (sulfide) groups is 1. The van der Waals surface area contributed by atoms with E-state index in [-0.39, 0.29) is 6.61 Å². The topological polar surface area (TPSA) is 20.2 Å². The molecule has 0 aliphatic rings. The predicted octanol–water partition coefficient (Wildman–Crippen LogP) is 2.68. The molecule has 1 N–H and O–H groups in total. The van der Waals surface area contributed by atoms with E-state index in [9.17, 15) is 0 Å². The van der Waals surface area contributed by atoms with Gasteiger partial charge in [-0.25, -0.2) is 0 Å². The van der Waals surface area contributed by atoms with Gasteiger partial charge >= 0.3 is 0 Å². The van der Waals surface area contributed by atoms with Gasteiger partial charge in [0.05, 0.1) is 6.61 Å². The minimum atomic E-state index is 0.135. The molecule has 0 unspecified atom stereocenters. The van der Waals surface area contributed by atoms with Crippen LogP contribution >= 0.6 is 11.8 Å². The number of aliphatic hydroxyl groups is 1. The van der Waals surface area contributed by atoms with Crippen LogP contribution in [-0.4, -0.2) is 10.4 Å². The highest BCUT2D eigenvalue weighted by Crippen LogP contribution is 2.26. The fourth-order valence-corrected chi connectivity index (χ4v) is 1.95. The highest BCUT2D eigenvalue weighted by atomic mass is 32.2. The first-order valence-electron chi connectivity index (χ1n) is 4.09. The van der Waals surface area contributed by atoms with E-state index in [1.54, 1.807) is 11.8 Å². The van der Waals surface area contributed by atoms with Crippen molar-refractivity contribution >= 4 is 11.8 Å². The highest BCUT2D eigenvalue weighted by Gasteiger charge is 2.02. The Kier molecular flexibility index (Phi) is 3.63. The van der Waals surface area contributed by atoms with E-state index in [4.69, 9.17) is 5.11 Å². The fourth-order valence-electron chi connectivity index (χ4n) is 1.00. The summed E-state index contributed by atoms with van der Waals surface area (Å²) in [5.41, 5.74) is 1.02. The number of benzene rings is 1. The molecule has 0 saturated heterocycles. The molecule has 1 nitrogen and oxygen atoms in total. The van der Waals surface area contributed by atoms with Gasteiger partial charge in [0.2, 0.25) is 0 Å². The normalized spacial score (nSPS) is 10.7. The third kappa shape index (κ3) is 2.54. The van der Waals surface area contributed by atoms with Crippen LogP contribution in [0, 0.1) is 0 Å². The molecule has 0 aliphatic carbocycles. The summed E-state index contributed by atoms with van der Waals surface area (Å²) in [7, 11) is 0. The van der Waals surface area contributed by atoms with Gasteiger partial charge in [0.15, 0.2) is 0 Å². The fraction of sp³-hybridized carbons (Fsp3) is 0.400. The van der Waals surface area contributed by atoms with Crippen molar-refractivity contribution in [3.63, 3.8) is 0 Å². The van der Waals surface area contributed by atoms with Crippen LogP contribution in [-0.2, 0) is 6.61 Å². The Bertz CT molecular complexity index is 245. The zero-order valence-electron chi connectivity index (χ0n) is 7.45. The van der Waals surface area contributed by atoms with Gasteiger partial charge in [-0.15, -0.1) is 11.8 Å². The summed E-state index contributed by atoms with van der Waals surface area (Å²) in [4.78, 5) is 1.19. The van der Waals surface area contributed by atoms with Crippen molar-refractivity contribution in [2.24, 2.45) is 0 Å². The molecule has 1 aromatic carbocycles. The first kappa shape index (κ1) is 9.62. The van der Waals surface area contributed by atoms with Gasteiger partial charge in [0.1, 0.15) is 0 Å². The second kappa shape index (κ2) is 4.53. The lowest BCUT2D eigenvalue weighted by molar-refractivity contribution is 0.279. The maximum absolute atomic E-state index is 9.02. The molecule has 0 spiro atoms. The number of rotatable bonds is 3. The van der Waals surface area contributed by atoms with Gasteiger partial charge in [-0.3, -0.25) is 0 Å². The third-order valence-electron chi connectivity index (χ3n) is 1.51. The number of aliphatic hydroxyl groups excluding tert-OH is 1. The molecule has 66 valence electrons. The van der Waals surface area contributed by atoms with E-state index in [0.717, 1.165) is 5.56 Å². The second-order valence-electron chi connectivity index (χ2n) is 2.93. The molecular weight excluding hydrogens is 168 g/mol. The van der Waals surface area contributed by atoms with Gasteiger partial charge in [-0.05, 0) is 11.6 Å². The summed E-state index contributed by atoms with van der Waals surface area (Å²) >= 11 is 1.79. The molecule has 2 heteroatoms. The smallest absolute Gasteiger partial charge is 0.0692 e. The minimum absolute atomic E-state index is 0.135. The van der Waals surface area contributed by atoms with Crippen LogP contribution in [0.15, 0.2) is 29.2 Å². The van der Waals surface area contributed by atoms with Crippen LogP contribution in [0.4, 0.5) is 0 Å². The van der Waals surface area contributed by atoms with Crippen LogP contribution in [0.25, 0.3) is 0 Å². The highest BCUT2D eigenvalue weighted by molar-refractivity contribution is 8.00. The lowest BCUT2D eigenvalue weighted by Gasteiger charge is -2.08. The van der Waals surface area contributed by atoms with Gasteiger partial charge in [-0.2, -0.15) is 0 Å². The van der Waals surface area contributed by atoms with E-state index in [1.807, 2.05) is 18.2 Å². The number of hydrogen-bond donors (Lipinski definition) is 1. The van der Waals surface area contributed by atoms with Crippen LogP contribution in [0.2, 0.25) is 0 Å². The van der Waals surface area contributed by atoms with Crippen molar-refractivity contribution in [1.82, 2.24) is 0 Å². The largest absolute Gasteiger partial charge is 0.392 e. The van der Waals surface area contributed by atoms with E-state index < -0.39 is 0 Å². The van der Waals surface area contributed by atoms with Crippen molar-refractivity contribution < 1.29 is 5.11 Å². The Morgan fingerprint density at radius 1 is 1.33 bits per heavy atom. The Hall–Kier alpha value is -0.470. The molecule has 0 radical (unpaired) electrons. The molecule has 1 rings (SSSR count). The second-order valence-corrected chi connectivity index (χ2v) is 4.55. The molecular formula is C10H14OS. The first-order chi connectivity index (χ1) is 5.74. The van der Waals surface area contributed by atoms with Gasteiger partial charge in [0, 0.05) is 10.1 Å². The molecule has 0 atom stereocenters. The zero-order valence-corrected chi connectivity index (χ0v) is 8.27. The van der Waals surface area contributed by atoms with Crippen LogP contribution < -0.4 is 0 Å². The SMILES string of the molecule is CC(C)Sc1ccccc1CO. The minimum Gasteiger partial charge on any atom is -0.392 e. The summed E-state index contributed by atoms with van der Waals surface area (Å²) in [5.74, 6) is 0. The van der Waals surface area contributed by atoms with Gasteiger partial charge < -0.3 is 5.11 Å².